The van der Waals surface area contributed by atoms with E-state index >= 15 is 0 Å². The number of rotatable bonds is 9. The van der Waals surface area contributed by atoms with Crippen LogP contribution in [0.25, 0.3) is 0 Å². The SMILES string of the molecule is CCN(C(=O)c1nc(C(F)(F)F)c2n1C(C(=O)CC(Cc1cc(F)c(F)cc1F)NC(=O)OC(C)(C)C)CNC2)S(C)(=O)=O. The van der Waals surface area contributed by atoms with Gasteiger partial charge in [0.2, 0.25) is 15.8 Å². The fourth-order valence-electron chi connectivity index (χ4n) is 4.68. The molecule has 11 nitrogen and oxygen atoms in total. The van der Waals surface area contributed by atoms with Crippen LogP contribution >= 0.6 is 0 Å². The van der Waals surface area contributed by atoms with Crippen LogP contribution in [-0.4, -0.2) is 71.0 Å². The number of fused-ring (bicyclic) bond motifs is 1. The summed E-state index contributed by atoms with van der Waals surface area (Å²) in [6.45, 7) is 4.61. The molecule has 1 aromatic heterocycles. The van der Waals surface area contributed by atoms with E-state index in [1.54, 1.807) is 0 Å². The van der Waals surface area contributed by atoms with Gasteiger partial charge in [-0.05, 0) is 45.7 Å². The van der Waals surface area contributed by atoms with Crippen LogP contribution in [0.1, 0.15) is 67.7 Å². The number of ketones is 1. The first kappa shape index (κ1) is 34.8. The largest absolute Gasteiger partial charge is 0.444 e. The number of hydrogen-bond acceptors (Lipinski definition) is 8. The van der Waals surface area contributed by atoms with Crippen molar-refractivity contribution >= 4 is 27.8 Å². The quantitative estimate of drug-likeness (QED) is 0.309. The summed E-state index contributed by atoms with van der Waals surface area (Å²) in [5.74, 6) is -7.32. The van der Waals surface area contributed by atoms with Gasteiger partial charge in [-0.15, -0.1) is 0 Å². The Morgan fingerprint density at radius 2 is 1.75 bits per heavy atom. The molecule has 3 rings (SSSR count). The number of benzene rings is 1. The molecule has 1 aliphatic rings. The van der Waals surface area contributed by atoms with Gasteiger partial charge in [-0.25, -0.2) is 35.7 Å². The van der Waals surface area contributed by atoms with Gasteiger partial charge in [0.05, 0.1) is 11.9 Å². The molecule has 2 amide bonds. The second kappa shape index (κ2) is 12.7. The zero-order valence-electron chi connectivity index (χ0n) is 24.3. The van der Waals surface area contributed by atoms with Crippen LogP contribution < -0.4 is 10.6 Å². The number of imidazole rings is 1. The number of alkyl carbamates (subject to hydrolysis) is 1. The molecule has 1 aromatic carbocycles. The minimum Gasteiger partial charge on any atom is -0.444 e. The average molecular weight is 656 g/mol. The maximum Gasteiger partial charge on any atom is 0.435 e. The Balaban J connectivity index is 2.06. The lowest BCUT2D eigenvalue weighted by Gasteiger charge is -2.30. The molecule has 0 aliphatic carbocycles. The van der Waals surface area contributed by atoms with Crippen molar-refractivity contribution in [3.8, 4) is 0 Å². The van der Waals surface area contributed by atoms with Crippen LogP contribution in [0, 0.1) is 17.5 Å². The van der Waals surface area contributed by atoms with Gasteiger partial charge in [0.1, 0.15) is 17.5 Å². The molecule has 18 heteroatoms. The highest BCUT2D eigenvalue weighted by molar-refractivity contribution is 7.88. The Morgan fingerprint density at radius 3 is 2.30 bits per heavy atom. The number of nitrogens with zero attached hydrogens (tertiary/aromatic N) is 3. The first-order chi connectivity index (χ1) is 20.1. The van der Waals surface area contributed by atoms with Gasteiger partial charge in [0.15, 0.2) is 23.1 Å². The molecule has 44 heavy (non-hydrogen) atoms. The molecule has 0 spiro atoms. The number of hydrogen-bond donors (Lipinski definition) is 2. The van der Waals surface area contributed by atoms with Crippen LogP contribution in [0.2, 0.25) is 0 Å². The molecule has 2 heterocycles. The Bertz CT molecular complexity index is 1550. The Labute approximate surface area is 249 Å². The topological polar surface area (TPSA) is 140 Å². The van der Waals surface area contributed by atoms with E-state index in [-0.39, 0.29) is 12.6 Å². The molecular formula is C26H31F6N5O6S. The first-order valence-electron chi connectivity index (χ1n) is 13.2. The van der Waals surface area contributed by atoms with E-state index in [0.717, 1.165) is 0 Å². The van der Waals surface area contributed by atoms with Crippen LogP contribution in [0.5, 0.6) is 0 Å². The number of sulfonamides is 1. The Kier molecular flexibility index (Phi) is 10.1. The van der Waals surface area contributed by atoms with E-state index in [2.05, 4.69) is 15.6 Å². The van der Waals surface area contributed by atoms with Crippen molar-refractivity contribution in [2.45, 2.75) is 70.9 Å². The summed E-state index contributed by atoms with van der Waals surface area (Å²) >= 11 is 0. The smallest absolute Gasteiger partial charge is 0.435 e. The lowest BCUT2D eigenvalue weighted by Crippen LogP contribution is -2.45. The number of Topliss-reactive ketones (excluding diaryl/α,β-unsaturated/α-hetero) is 1. The summed E-state index contributed by atoms with van der Waals surface area (Å²) in [7, 11) is -4.25. The van der Waals surface area contributed by atoms with E-state index in [9.17, 15) is 49.1 Å². The van der Waals surface area contributed by atoms with E-state index < -0.39 is 118 Å². The number of halogens is 6. The molecule has 0 bridgehead atoms. The van der Waals surface area contributed by atoms with Crippen molar-refractivity contribution in [3.63, 3.8) is 0 Å². The van der Waals surface area contributed by atoms with E-state index in [0.29, 0.717) is 21.2 Å². The predicted octanol–water partition coefficient (Wildman–Crippen LogP) is 3.48. The third kappa shape index (κ3) is 8.08. The van der Waals surface area contributed by atoms with E-state index in [4.69, 9.17) is 4.74 Å². The van der Waals surface area contributed by atoms with E-state index in [1.165, 1.54) is 27.7 Å². The van der Waals surface area contributed by atoms with Gasteiger partial charge in [-0.3, -0.25) is 9.59 Å². The van der Waals surface area contributed by atoms with Crippen LogP contribution in [0.4, 0.5) is 31.1 Å². The van der Waals surface area contributed by atoms with Gasteiger partial charge in [0, 0.05) is 38.2 Å². The maximum atomic E-state index is 14.5. The molecular weight excluding hydrogens is 624 g/mol. The predicted molar refractivity (Wildman–Crippen MR) is 142 cm³/mol. The minimum absolute atomic E-state index is 0.275. The minimum atomic E-state index is -5.09. The Morgan fingerprint density at radius 1 is 1.14 bits per heavy atom. The highest BCUT2D eigenvalue weighted by atomic mass is 32.2. The maximum absolute atomic E-state index is 14.5. The molecule has 0 fully saturated rings. The number of carbonyl (C=O) groups is 3. The molecule has 2 unspecified atom stereocenters. The van der Waals surface area contributed by atoms with Gasteiger partial charge in [-0.2, -0.15) is 13.2 Å². The van der Waals surface area contributed by atoms with Gasteiger partial charge < -0.3 is 19.9 Å². The summed E-state index contributed by atoms with van der Waals surface area (Å²) in [6.07, 6.45) is -6.75. The Hall–Kier alpha value is -3.67. The number of ether oxygens (including phenoxy) is 1. The van der Waals surface area contributed by atoms with Crippen molar-refractivity contribution < 1.29 is 53.9 Å². The molecule has 2 N–H and O–H groups in total. The lowest BCUT2D eigenvalue weighted by atomic mass is 9.96. The third-order valence-electron chi connectivity index (χ3n) is 6.42. The first-order valence-corrected chi connectivity index (χ1v) is 15.1. The second-order valence-corrected chi connectivity index (χ2v) is 13.0. The van der Waals surface area contributed by atoms with Gasteiger partial charge in [-0.1, -0.05) is 0 Å². The van der Waals surface area contributed by atoms with Gasteiger partial charge >= 0.3 is 18.2 Å². The third-order valence-corrected chi connectivity index (χ3v) is 7.65. The standard InChI is InChI=1S/C26H31F6N5O6S/c1-6-36(44(5,41)42)23(39)22-35-21(26(30,31)32)19-12-33-11-18(37(19)22)20(38)9-14(34-24(40)43-25(2,3)4)7-13-8-16(28)17(29)10-15(13)27/h8,10,14,18,33H,6-7,9,11-12H2,1-5H3,(H,34,40). The summed E-state index contributed by atoms with van der Waals surface area (Å²) in [5, 5.41) is 4.99. The second-order valence-electron chi connectivity index (χ2n) is 11.1. The number of alkyl halides is 3. The highest BCUT2D eigenvalue weighted by Crippen LogP contribution is 2.35. The number of amides is 2. The normalized spacial score (nSPS) is 16.2. The van der Waals surface area contributed by atoms with Crippen molar-refractivity contribution in [3.05, 3.63) is 52.4 Å². The zero-order chi connectivity index (χ0) is 33.4. The molecule has 0 radical (unpaired) electrons. The molecule has 2 aromatic rings. The van der Waals surface area contributed by atoms with Crippen LogP contribution in [0.3, 0.4) is 0 Å². The number of nitrogens with one attached hydrogen (secondary N) is 2. The van der Waals surface area contributed by atoms with Crippen LogP contribution in [-0.2, 0) is 38.7 Å². The summed E-state index contributed by atoms with van der Waals surface area (Å²) < 4.78 is 114. The van der Waals surface area contributed by atoms with Crippen LogP contribution in [0.15, 0.2) is 12.1 Å². The lowest BCUT2D eigenvalue weighted by molar-refractivity contribution is -0.142. The van der Waals surface area contributed by atoms with Crippen molar-refractivity contribution in [1.29, 1.82) is 0 Å². The summed E-state index contributed by atoms with van der Waals surface area (Å²) in [4.78, 5) is 42.9. The number of aromatic nitrogens is 2. The van der Waals surface area contributed by atoms with Crippen molar-refractivity contribution in [1.82, 2.24) is 24.5 Å². The fraction of sp³-hybridized carbons (Fsp3) is 0.538. The summed E-state index contributed by atoms with van der Waals surface area (Å²) in [6, 6.07) is -2.11. The molecule has 1 aliphatic heterocycles. The fourth-order valence-corrected chi connectivity index (χ4v) is 5.53. The molecule has 0 saturated carbocycles. The number of carbonyl (C=O) groups excluding carboxylic acids is 3. The monoisotopic (exact) mass is 655 g/mol. The zero-order valence-corrected chi connectivity index (χ0v) is 25.1. The average Bonchev–Trinajstić information content (AvgIpc) is 3.26. The van der Waals surface area contributed by atoms with Crippen molar-refractivity contribution in [2.24, 2.45) is 0 Å². The highest BCUT2D eigenvalue weighted by Gasteiger charge is 2.44. The molecule has 0 saturated heterocycles. The van der Waals surface area contributed by atoms with Crippen molar-refractivity contribution in [2.75, 3.05) is 19.3 Å². The molecule has 244 valence electrons. The van der Waals surface area contributed by atoms with E-state index in [1.807, 2.05) is 0 Å². The summed E-state index contributed by atoms with van der Waals surface area (Å²) in [5.41, 5.74) is -3.57. The van der Waals surface area contributed by atoms with Gasteiger partial charge in [0.25, 0.3) is 0 Å². The molecule has 2 atom stereocenters.